The van der Waals surface area contributed by atoms with Crippen molar-refractivity contribution in [2.45, 2.75) is 26.0 Å². The summed E-state index contributed by atoms with van der Waals surface area (Å²) in [5.74, 6) is 0.866. The summed E-state index contributed by atoms with van der Waals surface area (Å²) in [6.45, 7) is 4.83. The average Bonchev–Trinajstić information content (AvgIpc) is 3.36. The van der Waals surface area contributed by atoms with Crippen LogP contribution in [0.4, 0.5) is 0 Å². The van der Waals surface area contributed by atoms with Gasteiger partial charge in [0.15, 0.2) is 5.96 Å². The minimum Gasteiger partial charge on any atom is -0.391 e. The summed E-state index contributed by atoms with van der Waals surface area (Å²) in [7, 11) is 0. The maximum atomic E-state index is 10.3. The molecule has 0 aliphatic carbocycles. The number of aliphatic hydroxyl groups excluding tert-OH is 1. The number of para-hydroxylation sites is 1. The van der Waals surface area contributed by atoms with Crippen molar-refractivity contribution in [2.24, 2.45) is 4.99 Å². The van der Waals surface area contributed by atoms with E-state index in [1.807, 2.05) is 25.3 Å². The zero-order valence-corrected chi connectivity index (χ0v) is 18.3. The Bertz CT molecular complexity index is 940. The van der Waals surface area contributed by atoms with E-state index in [1.165, 1.54) is 10.9 Å². The molecule has 0 saturated carbocycles. The minimum absolute atomic E-state index is 0. The van der Waals surface area contributed by atoms with Gasteiger partial charge in [0.05, 0.1) is 18.3 Å². The number of hydrogen-bond donors (Lipinski definition) is 3. The van der Waals surface area contributed by atoms with Crippen LogP contribution >= 0.6 is 24.0 Å². The summed E-state index contributed by atoms with van der Waals surface area (Å²) in [5.41, 5.74) is 4.42. The number of fused-ring (bicyclic) bond motifs is 1. The Hall–Kier alpha value is -2.13. The Kier molecular flexibility index (Phi) is 6.90. The third kappa shape index (κ3) is 4.30. The molecule has 3 aromatic rings. The van der Waals surface area contributed by atoms with Crippen LogP contribution in [0.25, 0.3) is 22.2 Å². The number of hydrogen-bond acceptors (Lipinski definition) is 5. The van der Waals surface area contributed by atoms with Crippen LogP contribution < -0.4 is 5.32 Å². The van der Waals surface area contributed by atoms with Gasteiger partial charge in [-0.3, -0.25) is 9.98 Å². The van der Waals surface area contributed by atoms with Crippen LogP contribution in [0.5, 0.6) is 0 Å². The minimum atomic E-state index is -0.387. The highest BCUT2D eigenvalue weighted by Gasteiger charge is 2.22. The van der Waals surface area contributed by atoms with E-state index in [1.54, 1.807) is 6.20 Å². The van der Waals surface area contributed by atoms with Crippen molar-refractivity contribution in [1.29, 1.82) is 0 Å². The molecule has 0 spiro atoms. The maximum Gasteiger partial charge on any atom is 0.194 e. The first-order valence-corrected chi connectivity index (χ1v) is 9.47. The van der Waals surface area contributed by atoms with Crippen molar-refractivity contribution in [3.8, 4) is 11.3 Å². The topological polar surface area (TPSA) is 76.5 Å². The lowest BCUT2D eigenvalue weighted by atomic mass is 10.1. The molecule has 1 aliphatic rings. The first-order valence-electron chi connectivity index (χ1n) is 9.47. The van der Waals surface area contributed by atoms with Crippen molar-refractivity contribution in [3.05, 3.63) is 54.4 Å². The van der Waals surface area contributed by atoms with E-state index < -0.39 is 0 Å². The van der Waals surface area contributed by atoms with Crippen LogP contribution in [-0.2, 0) is 6.54 Å². The fourth-order valence-electron chi connectivity index (χ4n) is 3.52. The SMILES string of the molecule is CCC(O)CN(Cc1c(-c2cccnc2)[nH]c2ccccc12)C1=NCCN1.I. The molecule has 0 amide bonds. The molecule has 28 heavy (non-hydrogen) atoms. The van der Waals surface area contributed by atoms with Crippen molar-refractivity contribution >= 4 is 40.8 Å². The van der Waals surface area contributed by atoms with Gasteiger partial charge in [0, 0.05) is 54.1 Å². The number of aliphatic imine (C=N–C) groups is 1. The van der Waals surface area contributed by atoms with Gasteiger partial charge in [-0.15, -0.1) is 24.0 Å². The fourth-order valence-corrected chi connectivity index (χ4v) is 3.52. The monoisotopic (exact) mass is 491 g/mol. The van der Waals surface area contributed by atoms with E-state index in [4.69, 9.17) is 0 Å². The molecule has 1 atom stereocenters. The number of aromatic amines is 1. The molecule has 3 N–H and O–H groups in total. The van der Waals surface area contributed by atoms with E-state index >= 15 is 0 Å². The predicted octanol–water partition coefficient (Wildman–Crippen LogP) is 3.38. The number of nitrogens with one attached hydrogen (secondary N) is 2. The normalized spacial score (nSPS) is 14.3. The third-order valence-electron chi connectivity index (χ3n) is 4.97. The van der Waals surface area contributed by atoms with Gasteiger partial charge in [0.25, 0.3) is 0 Å². The molecule has 4 rings (SSSR count). The first-order chi connectivity index (χ1) is 13.3. The molecular weight excluding hydrogens is 465 g/mol. The fraction of sp³-hybridized carbons (Fsp3) is 0.333. The lowest BCUT2D eigenvalue weighted by Crippen LogP contribution is -2.42. The van der Waals surface area contributed by atoms with Gasteiger partial charge in [0.1, 0.15) is 0 Å². The summed E-state index contributed by atoms with van der Waals surface area (Å²) >= 11 is 0. The molecule has 3 heterocycles. The molecule has 0 bridgehead atoms. The lowest BCUT2D eigenvalue weighted by molar-refractivity contribution is 0.135. The van der Waals surface area contributed by atoms with Crippen molar-refractivity contribution in [2.75, 3.05) is 19.6 Å². The van der Waals surface area contributed by atoms with Gasteiger partial charge in [-0.2, -0.15) is 0 Å². The van der Waals surface area contributed by atoms with Crippen molar-refractivity contribution in [3.63, 3.8) is 0 Å². The Balaban J connectivity index is 0.00000225. The molecule has 1 aliphatic heterocycles. The number of aliphatic hydroxyl groups is 1. The second-order valence-electron chi connectivity index (χ2n) is 6.84. The molecule has 0 saturated heterocycles. The van der Waals surface area contributed by atoms with E-state index in [0.717, 1.165) is 35.8 Å². The molecule has 1 aromatic carbocycles. The number of H-pyrrole nitrogens is 1. The van der Waals surface area contributed by atoms with E-state index in [0.29, 0.717) is 19.5 Å². The van der Waals surface area contributed by atoms with E-state index in [2.05, 4.69) is 49.4 Å². The van der Waals surface area contributed by atoms with Crippen LogP contribution in [0.2, 0.25) is 0 Å². The zero-order chi connectivity index (χ0) is 18.6. The van der Waals surface area contributed by atoms with Crippen LogP contribution in [0.3, 0.4) is 0 Å². The molecule has 2 aromatic heterocycles. The van der Waals surface area contributed by atoms with Gasteiger partial charge in [0.2, 0.25) is 0 Å². The number of nitrogens with zero attached hydrogens (tertiary/aromatic N) is 3. The van der Waals surface area contributed by atoms with E-state index in [9.17, 15) is 5.11 Å². The van der Waals surface area contributed by atoms with E-state index in [-0.39, 0.29) is 30.1 Å². The average molecular weight is 491 g/mol. The highest BCUT2D eigenvalue weighted by atomic mass is 127. The number of aromatic nitrogens is 2. The lowest BCUT2D eigenvalue weighted by Gasteiger charge is -2.27. The molecule has 0 radical (unpaired) electrons. The summed E-state index contributed by atoms with van der Waals surface area (Å²) in [6, 6.07) is 12.3. The van der Waals surface area contributed by atoms with Gasteiger partial charge in [-0.1, -0.05) is 25.1 Å². The van der Waals surface area contributed by atoms with Gasteiger partial charge < -0.3 is 20.3 Å². The summed E-state index contributed by atoms with van der Waals surface area (Å²) in [4.78, 5) is 14.6. The summed E-state index contributed by atoms with van der Waals surface area (Å²) in [6.07, 6.45) is 3.99. The Labute approximate surface area is 182 Å². The van der Waals surface area contributed by atoms with Crippen LogP contribution in [0.15, 0.2) is 53.8 Å². The predicted molar refractivity (Wildman–Crippen MR) is 124 cm³/mol. The van der Waals surface area contributed by atoms with Gasteiger partial charge >= 0.3 is 0 Å². The molecule has 148 valence electrons. The number of pyridine rings is 1. The Morgan fingerprint density at radius 1 is 1.21 bits per heavy atom. The largest absolute Gasteiger partial charge is 0.391 e. The summed E-state index contributed by atoms with van der Waals surface area (Å²) < 4.78 is 0. The van der Waals surface area contributed by atoms with Gasteiger partial charge in [-0.25, -0.2) is 0 Å². The molecular formula is C21H26IN5O. The molecule has 6 nitrogen and oxygen atoms in total. The van der Waals surface area contributed by atoms with Crippen molar-refractivity contribution in [1.82, 2.24) is 20.2 Å². The van der Waals surface area contributed by atoms with Crippen LogP contribution in [0, 0.1) is 0 Å². The smallest absolute Gasteiger partial charge is 0.194 e. The van der Waals surface area contributed by atoms with Crippen LogP contribution in [0.1, 0.15) is 18.9 Å². The number of rotatable bonds is 6. The zero-order valence-electron chi connectivity index (χ0n) is 15.9. The van der Waals surface area contributed by atoms with Gasteiger partial charge in [-0.05, 0) is 24.6 Å². The van der Waals surface area contributed by atoms with Crippen molar-refractivity contribution < 1.29 is 5.11 Å². The number of halogens is 1. The quantitative estimate of drug-likeness (QED) is 0.463. The number of guanidine groups is 1. The Morgan fingerprint density at radius 2 is 2.07 bits per heavy atom. The second-order valence-corrected chi connectivity index (χ2v) is 6.84. The molecule has 1 unspecified atom stereocenters. The maximum absolute atomic E-state index is 10.3. The summed E-state index contributed by atoms with van der Waals surface area (Å²) in [5, 5.41) is 14.8. The first kappa shape index (κ1) is 20.6. The number of benzene rings is 1. The highest BCUT2D eigenvalue weighted by Crippen LogP contribution is 2.31. The second kappa shape index (κ2) is 9.38. The third-order valence-corrected chi connectivity index (χ3v) is 4.97. The molecule has 7 heteroatoms. The van der Waals surface area contributed by atoms with Crippen LogP contribution in [-0.4, -0.2) is 51.7 Å². The standard InChI is InChI=1S/C21H25N5O.HI/c1-2-16(27)13-26(21-23-10-11-24-21)14-18-17-7-3-4-8-19(17)25-20(18)15-6-5-9-22-12-15;/h3-9,12,16,25,27H,2,10-11,13-14H2,1H3,(H,23,24);1H. The Morgan fingerprint density at radius 3 is 2.79 bits per heavy atom. The molecule has 0 fully saturated rings. The highest BCUT2D eigenvalue weighted by molar-refractivity contribution is 14.0.